The van der Waals surface area contributed by atoms with Crippen LogP contribution in [0.5, 0.6) is 0 Å². The van der Waals surface area contributed by atoms with Crippen molar-refractivity contribution in [2.75, 3.05) is 20.1 Å². The van der Waals surface area contributed by atoms with Crippen LogP contribution in [0.2, 0.25) is 0 Å². The van der Waals surface area contributed by atoms with E-state index >= 15 is 0 Å². The monoisotopic (exact) mass is 354 g/mol. The van der Waals surface area contributed by atoms with Gasteiger partial charge in [-0.15, -0.1) is 0 Å². The number of alkyl halides is 3. The summed E-state index contributed by atoms with van der Waals surface area (Å²) in [6, 6.07) is 4.93. The predicted molar refractivity (Wildman–Crippen MR) is 79.2 cm³/mol. The van der Waals surface area contributed by atoms with Crippen molar-refractivity contribution >= 4 is 21.8 Å². The Kier molecular flexibility index (Phi) is 5.41. The zero-order valence-electron chi connectivity index (χ0n) is 11.9. The average molecular weight is 354 g/mol. The van der Waals surface area contributed by atoms with Crippen molar-refractivity contribution in [3.63, 3.8) is 0 Å². The quantitative estimate of drug-likeness (QED) is 0.845. The van der Waals surface area contributed by atoms with E-state index in [1.54, 1.807) is 7.05 Å². The van der Waals surface area contributed by atoms with Crippen molar-refractivity contribution in [3.05, 3.63) is 24.3 Å². The van der Waals surface area contributed by atoms with Crippen LogP contribution in [0, 0.1) is 0 Å². The molecule has 2 rings (SSSR count). The molecule has 1 aliphatic heterocycles. The van der Waals surface area contributed by atoms with E-state index in [1.165, 1.54) is 28.6 Å². The highest BCUT2D eigenvalue weighted by Crippen LogP contribution is 2.37. The Morgan fingerprint density at radius 2 is 1.91 bits per heavy atom. The zero-order valence-corrected chi connectivity index (χ0v) is 13.6. The molecule has 0 amide bonds. The van der Waals surface area contributed by atoms with Gasteiger partial charge in [0.05, 0.1) is 4.90 Å². The Bertz CT molecular complexity index is 603. The second kappa shape index (κ2) is 6.77. The van der Waals surface area contributed by atoms with Gasteiger partial charge in [0.1, 0.15) is 0 Å². The van der Waals surface area contributed by atoms with Gasteiger partial charge in [-0.05, 0) is 55.9 Å². The van der Waals surface area contributed by atoms with Crippen molar-refractivity contribution in [2.24, 2.45) is 0 Å². The van der Waals surface area contributed by atoms with E-state index in [4.69, 9.17) is 0 Å². The fourth-order valence-corrected chi connectivity index (χ4v) is 4.42. The van der Waals surface area contributed by atoms with Gasteiger partial charge in [0.2, 0.25) is 10.0 Å². The van der Waals surface area contributed by atoms with E-state index in [2.05, 4.69) is 5.32 Å². The first-order valence-electron chi connectivity index (χ1n) is 6.75. The Morgan fingerprint density at radius 1 is 1.27 bits per heavy atom. The summed E-state index contributed by atoms with van der Waals surface area (Å²) in [4.78, 5) is -0.00558. The van der Waals surface area contributed by atoms with E-state index in [1.807, 2.05) is 0 Å². The third-order valence-electron chi connectivity index (χ3n) is 3.49. The van der Waals surface area contributed by atoms with Crippen LogP contribution in [0.15, 0.2) is 34.1 Å². The molecular formula is C13H17F3N2O2S2. The number of benzene rings is 1. The van der Waals surface area contributed by atoms with Crippen LogP contribution in [0.1, 0.15) is 12.8 Å². The Hall–Kier alpha value is -0.770. The van der Waals surface area contributed by atoms with Gasteiger partial charge >= 0.3 is 5.51 Å². The molecule has 1 unspecified atom stereocenters. The molecule has 1 aromatic carbocycles. The fraction of sp³-hybridized carbons (Fsp3) is 0.538. The first-order chi connectivity index (χ1) is 10.2. The van der Waals surface area contributed by atoms with Gasteiger partial charge < -0.3 is 5.32 Å². The van der Waals surface area contributed by atoms with E-state index in [9.17, 15) is 21.6 Å². The van der Waals surface area contributed by atoms with E-state index < -0.39 is 15.5 Å². The number of sulfonamides is 1. The van der Waals surface area contributed by atoms with Gasteiger partial charge in [-0.2, -0.15) is 17.5 Å². The number of piperidine rings is 1. The molecule has 9 heteroatoms. The molecule has 124 valence electrons. The van der Waals surface area contributed by atoms with Crippen LogP contribution in [0.25, 0.3) is 0 Å². The normalized spacial score (nSPS) is 21.0. The summed E-state index contributed by atoms with van der Waals surface area (Å²) in [6.45, 7) is 0.803. The van der Waals surface area contributed by atoms with Crippen molar-refractivity contribution in [3.8, 4) is 0 Å². The molecule has 0 radical (unpaired) electrons. The topological polar surface area (TPSA) is 49.4 Å². The summed E-state index contributed by atoms with van der Waals surface area (Å²) < 4.78 is 63.2. The number of nitrogens with one attached hydrogen (secondary N) is 1. The van der Waals surface area contributed by atoms with E-state index in [0.717, 1.165) is 12.8 Å². The van der Waals surface area contributed by atoms with Crippen molar-refractivity contribution < 1.29 is 21.6 Å². The SMILES string of the molecule is CNC1CCCN(S(=O)(=O)c2ccc(SC(F)(F)F)cc2)C1. The summed E-state index contributed by atoms with van der Waals surface area (Å²) in [5.74, 6) is 0. The van der Waals surface area contributed by atoms with Crippen LogP contribution in [-0.2, 0) is 10.0 Å². The summed E-state index contributed by atoms with van der Waals surface area (Å²) in [6.07, 6.45) is 1.66. The number of likely N-dealkylation sites (N-methyl/N-ethyl adjacent to an activating group) is 1. The number of nitrogens with zero attached hydrogens (tertiary/aromatic N) is 1. The molecule has 0 bridgehead atoms. The average Bonchev–Trinajstić information content (AvgIpc) is 2.46. The minimum absolute atomic E-state index is 0.0239. The lowest BCUT2D eigenvalue weighted by molar-refractivity contribution is -0.0328. The molecule has 1 saturated heterocycles. The molecule has 1 aromatic rings. The van der Waals surface area contributed by atoms with Gasteiger partial charge in [-0.3, -0.25) is 0 Å². The van der Waals surface area contributed by atoms with Gasteiger partial charge in [0.25, 0.3) is 0 Å². The van der Waals surface area contributed by atoms with Crippen LogP contribution < -0.4 is 5.32 Å². The van der Waals surface area contributed by atoms with Gasteiger partial charge in [-0.1, -0.05) is 0 Å². The van der Waals surface area contributed by atoms with Crippen LogP contribution in [0.3, 0.4) is 0 Å². The highest BCUT2D eigenvalue weighted by molar-refractivity contribution is 8.00. The number of rotatable bonds is 4. The van der Waals surface area contributed by atoms with Gasteiger partial charge in [0.15, 0.2) is 0 Å². The number of halogens is 3. The molecular weight excluding hydrogens is 337 g/mol. The van der Waals surface area contributed by atoms with Crippen molar-refractivity contribution in [1.29, 1.82) is 0 Å². The van der Waals surface area contributed by atoms with Crippen LogP contribution in [-0.4, -0.2) is 44.4 Å². The zero-order chi connectivity index (χ0) is 16.4. The Balaban J connectivity index is 2.15. The maximum Gasteiger partial charge on any atom is 0.446 e. The maximum absolute atomic E-state index is 12.5. The Morgan fingerprint density at radius 3 is 2.45 bits per heavy atom. The molecule has 22 heavy (non-hydrogen) atoms. The summed E-state index contributed by atoms with van der Waals surface area (Å²) in [7, 11) is -1.88. The molecule has 1 fully saturated rings. The van der Waals surface area contributed by atoms with Gasteiger partial charge in [-0.25, -0.2) is 8.42 Å². The van der Waals surface area contributed by atoms with Crippen molar-refractivity contribution in [2.45, 2.75) is 34.2 Å². The standard InChI is InChI=1S/C13H17F3N2O2S2/c1-17-10-3-2-8-18(9-10)22(19,20)12-6-4-11(5-7-12)21-13(14,15)16/h4-7,10,17H,2-3,8-9H2,1H3. The minimum Gasteiger partial charge on any atom is -0.316 e. The molecule has 1 heterocycles. The molecule has 0 aromatic heterocycles. The number of hydrogen-bond donors (Lipinski definition) is 1. The first-order valence-corrected chi connectivity index (χ1v) is 9.01. The summed E-state index contributed by atoms with van der Waals surface area (Å²) in [5.41, 5.74) is -4.38. The third-order valence-corrected chi connectivity index (χ3v) is 6.11. The summed E-state index contributed by atoms with van der Waals surface area (Å²) >= 11 is -0.259. The lowest BCUT2D eigenvalue weighted by Gasteiger charge is -2.31. The molecule has 1 aliphatic rings. The Labute approximate surface area is 132 Å². The number of hydrogen-bond acceptors (Lipinski definition) is 4. The first kappa shape index (κ1) is 17.6. The molecule has 0 spiro atoms. The molecule has 1 N–H and O–H groups in total. The largest absolute Gasteiger partial charge is 0.446 e. The maximum atomic E-state index is 12.5. The predicted octanol–water partition coefficient (Wildman–Crippen LogP) is 2.67. The van der Waals surface area contributed by atoms with Crippen LogP contribution in [0.4, 0.5) is 13.2 Å². The summed E-state index contributed by atoms with van der Waals surface area (Å²) in [5, 5.41) is 3.06. The second-order valence-corrected chi connectivity index (χ2v) is 8.09. The third kappa shape index (κ3) is 4.37. The van der Waals surface area contributed by atoms with Gasteiger partial charge in [0, 0.05) is 24.0 Å². The van der Waals surface area contributed by atoms with Crippen LogP contribution >= 0.6 is 11.8 Å². The number of thioether (sulfide) groups is 1. The van der Waals surface area contributed by atoms with E-state index in [0.29, 0.717) is 13.1 Å². The molecule has 4 nitrogen and oxygen atoms in total. The highest BCUT2D eigenvalue weighted by Gasteiger charge is 2.31. The lowest BCUT2D eigenvalue weighted by atomic mass is 10.1. The molecule has 1 atom stereocenters. The molecule has 0 aliphatic carbocycles. The molecule has 0 saturated carbocycles. The van der Waals surface area contributed by atoms with E-state index in [-0.39, 0.29) is 27.6 Å². The fourth-order valence-electron chi connectivity index (χ4n) is 2.36. The highest BCUT2D eigenvalue weighted by atomic mass is 32.2. The second-order valence-electron chi connectivity index (χ2n) is 5.01. The smallest absolute Gasteiger partial charge is 0.316 e. The van der Waals surface area contributed by atoms with Crippen molar-refractivity contribution in [1.82, 2.24) is 9.62 Å². The lowest BCUT2D eigenvalue weighted by Crippen LogP contribution is -2.46. The minimum atomic E-state index is -4.38.